The first-order chi connectivity index (χ1) is 13.4. The molecular formula is C20H25ClN2O5. The maximum atomic E-state index is 12.5. The van der Waals surface area contributed by atoms with E-state index in [1.54, 1.807) is 26.4 Å². The van der Waals surface area contributed by atoms with Crippen molar-refractivity contribution in [3.63, 3.8) is 0 Å². The number of nitrogens with zero attached hydrogens (tertiary/aromatic N) is 1. The van der Waals surface area contributed by atoms with Gasteiger partial charge in [-0.3, -0.25) is 9.69 Å². The van der Waals surface area contributed by atoms with Gasteiger partial charge in [-0.2, -0.15) is 0 Å². The third-order valence-corrected chi connectivity index (χ3v) is 4.38. The van der Waals surface area contributed by atoms with Gasteiger partial charge in [0.25, 0.3) is 0 Å². The molecule has 1 N–H and O–H groups in total. The molecular weight excluding hydrogens is 384 g/mol. The SMILES string of the molecule is COc1cc(OC)c(NC(=O)CN(C)Cc2cccc(OC)c2OC)cc1Cl. The summed E-state index contributed by atoms with van der Waals surface area (Å²) in [5, 5.41) is 3.20. The number of halogens is 1. The maximum absolute atomic E-state index is 12.5. The predicted octanol–water partition coefficient (Wildman–Crippen LogP) is 3.44. The molecule has 0 atom stereocenters. The molecule has 0 aliphatic rings. The van der Waals surface area contributed by atoms with Gasteiger partial charge in [0.2, 0.25) is 5.91 Å². The second-order valence-electron chi connectivity index (χ2n) is 6.06. The molecule has 0 saturated carbocycles. The van der Waals surface area contributed by atoms with E-state index in [2.05, 4.69) is 5.32 Å². The van der Waals surface area contributed by atoms with Gasteiger partial charge < -0.3 is 24.3 Å². The summed E-state index contributed by atoms with van der Waals surface area (Å²) in [5.41, 5.74) is 1.40. The molecule has 8 heteroatoms. The average Bonchev–Trinajstić information content (AvgIpc) is 2.67. The van der Waals surface area contributed by atoms with Gasteiger partial charge >= 0.3 is 0 Å². The van der Waals surface area contributed by atoms with Crippen LogP contribution in [0.2, 0.25) is 5.02 Å². The van der Waals surface area contributed by atoms with E-state index in [9.17, 15) is 4.79 Å². The van der Waals surface area contributed by atoms with Gasteiger partial charge in [0.05, 0.1) is 45.7 Å². The largest absolute Gasteiger partial charge is 0.495 e. The van der Waals surface area contributed by atoms with Crippen molar-refractivity contribution in [1.29, 1.82) is 0 Å². The number of ether oxygens (including phenoxy) is 4. The van der Waals surface area contributed by atoms with Crippen LogP contribution in [0.15, 0.2) is 30.3 Å². The number of carbonyl (C=O) groups is 1. The number of nitrogens with one attached hydrogen (secondary N) is 1. The summed E-state index contributed by atoms with van der Waals surface area (Å²) in [5.74, 6) is 2.03. The summed E-state index contributed by atoms with van der Waals surface area (Å²) < 4.78 is 21.2. The van der Waals surface area contributed by atoms with Crippen molar-refractivity contribution in [1.82, 2.24) is 4.90 Å². The highest BCUT2D eigenvalue weighted by Crippen LogP contribution is 2.36. The van der Waals surface area contributed by atoms with Crippen LogP contribution in [0.25, 0.3) is 0 Å². The molecule has 1 amide bonds. The van der Waals surface area contributed by atoms with E-state index >= 15 is 0 Å². The summed E-state index contributed by atoms with van der Waals surface area (Å²) in [7, 11) is 8.05. The molecule has 28 heavy (non-hydrogen) atoms. The van der Waals surface area contributed by atoms with E-state index in [-0.39, 0.29) is 12.5 Å². The van der Waals surface area contributed by atoms with Crippen molar-refractivity contribution < 1.29 is 23.7 Å². The van der Waals surface area contributed by atoms with Gasteiger partial charge in [0.1, 0.15) is 11.5 Å². The van der Waals surface area contributed by atoms with Gasteiger partial charge in [-0.05, 0) is 19.2 Å². The molecule has 0 aliphatic carbocycles. The van der Waals surface area contributed by atoms with E-state index in [0.717, 1.165) is 5.56 Å². The van der Waals surface area contributed by atoms with E-state index < -0.39 is 0 Å². The van der Waals surface area contributed by atoms with Crippen LogP contribution in [-0.2, 0) is 11.3 Å². The lowest BCUT2D eigenvalue weighted by molar-refractivity contribution is -0.117. The fourth-order valence-electron chi connectivity index (χ4n) is 2.82. The van der Waals surface area contributed by atoms with Crippen LogP contribution in [0.5, 0.6) is 23.0 Å². The highest BCUT2D eigenvalue weighted by Gasteiger charge is 2.16. The topological polar surface area (TPSA) is 69.3 Å². The quantitative estimate of drug-likeness (QED) is 0.685. The number of hydrogen-bond donors (Lipinski definition) is 1. The second-order valence-corrected chi connectivity index (χ2v) is 6.47. The minimum atomic E-state index is -0.205. The zero-order valence-electron chi connectivity index (χ0n) is 16.7. The van der Waals surface area contributed by atoms with Gasteiger partial charge in [0.15, 0.2) is 11.5 Å². The highest BCUT2D eigenvalue weighted by molar-refractivity contribution is 6.32. The number of carbonyl (C=O) groups excluding carboxylic acids is 1. The van der Waals surface area contributed by atoms with Crippen LogP contribution in [0, 0.1) is 0 Å². The minimum absolute atomic E-state index is 0.160. The van der Waals surface area contributed by atoms with Crippen LogP contribution in [0.4, 0.5) is 5.69 Å². The number of methoxy groups -OCH3 is 4. The first-order valence-corrected chi connectivity index (χ1v) is 8.91. The third-order valence-electron chi connectivity index (χ3n) is 4.09. The molecule has 0 fully saturated rings. The summed E-state index contributed by atoms with van der Waals surface area (Å²) in [6.07, 6.45) is 0. The van der Waals surface area contributed by atoms with Crippen molar-refractivity contribution in [2.45, 2.75) is 6.54 Å². The van der Waals surface area contributed by atoms with Crippen molar-refractivity contribution >= 4 is 23.2 Å². The van der Waals surface area contributed by atoms with Crippen LogP contribution in [-0.4, -0.2) is 52.8 Å². The number of anilines is 1. The Balaban J connectivity index is 2.07. The maximum Gasteiger partial charge on any atom is 0.238 e. The standard InChI is InChI=1S/C20H25ClN2O5/c1-23(11-13-7-6-8-16(25-2)20(13)28-5)12-19(24)22-15-9-14(21)17(26-3)10-18(15)27-4/h6-10H,11-12H2,1-5H3,(H,22,24). The predicted molar refractivity (Wildman–Crippen MR) is 109 cm³/mol. The molecule has 0 aromatic heterocycles. The summed E-state index contributed by atoms with van der Waals surface area (Å²) in [6.45, 7) is 0.668. The zero-order chi connectivity index (χ0) is 20.7. The van der Waals surface area contributed by atoms with E-state index in [0.29, 0.717) is 40.3 Å². The fourth-order valence-corrected chi connectivity index (χ4v) is 3.06. The number of benzene rings is 2. The number of hydrogen-bond acceptors (Lipinski definition) is 6. The van der Waals surface area contributed by atoms with Gasteiger partial charge in [-0.25, -0.2) is 0 Å². The lowest BCUT2D eigenvalue weighted by Crippen LogP contribution is -2.30. The molecule has 0 spiro atoms. The van der Waals surface area contributed by atoms with Crippen LogP contribution >= 0.6 is 11.6 Å². The zero-order valence-corrected chi connectivity index (χ0v) is 17.4. The monoisotopic (exact) mass is 408 g/mol. The molecule has 0 heterocycles. The molecule has 0 saturated heterocycles. The Labute approximate surface area is 170 Å². The van der Waals surface area contributed by atoms with Crippen molar-refractivity contribution in [3.8, 4) is 23.0 Å². The summed E-state index contributed by atoms with van der Waals surface area (Å²) >= 11 is 6.15. The highest BCUT2D eigenvalue weighted by atomic mass is 35.5. The van der Waals surface area contributed by atoms with Crippen LogP contribution in [0.3, 0.4) is 0 Å². The molecule has 0 unspecified atom stereocenters. The molecule has 0 aliphatic heterocycles. The van der Waals surface area contributed by atoms with Crippen molar-refractivity contribution in [2.24, 2.45) is 0 Å². The Hall–Kier alpha value is -2.64. The first-order valence-electron chi connectivity index (χ1n) is 8.53. The van der Waals surface area contributed by atoms with Gasteiger partial charge in [-0.1, -0.05) is 23.7 Å². The van der Waals surface area contributed by atoms with Gasteiger partial charge in [-0.15, -0.1) is 0 Å². The molecule has 7 nitrogen and oxygen atoms in total. The lowest BCUT2D eigenvalue weighted by atomic mass is 10.1. The molecule has 152 valence electrons. The molecule has 0 radical (unpaired) electrons. The lowest BCUT2D eigenvalue weighted by Gasteiger charge is -2.20. The average molecular weight is 409 g/mol. The Morgan fingerprint density at radius 3 is 2.29 bits per heavy atom. The molecule has 0 bridgehead atoms. The van der Waals surface area contributed by atoms with E-state index in [1.165, 1.54) is 14.2 Å². The summed E-state index contributed by atoms with van der Waals surface area (Å²) in [6, 6.07) is 8.87. The van der Waals surface area contributed by atoms with E-state index in [1.807, 2.05) is 30.1 Å². The molecule has 2 aromatic carbocycles. The second kappa shape index (κ2) is 10.1. The first kappa shape index (κ1) is 21.7. The van der Waals surface area contributed by atoms with Crippen LogP contribution in [0.1, 0.15) is 5.56 Å². The van der Waals surface area contributed by atoms with E-state index in [4.69, 9.17) is 30.5 Å². The van der Waals surface area contributed by atoms with Crippen LogP contribution < -0.4 is 24.3 Å². The molecule has 2 aromatic rings. The smallest absolute Gasteiger partial charge is 0.238 e. The Kier molecular flexibility index (Phi) is 7.78. The number of likely N-dealkylation sites (N-methyl/N-ethyl adjacent to an activating group) is 1. The fraction of sp³-hybridized carbons (Fsp3) is 0.350. The summed E-state index contributed by atoms with van der Waals surface area (Å²) in [4.78, 5) is 14.4. The molecule has 2 rings (SSSR count). The Bertz CT molecular complexity index is 828. The normalized spacial score (nSPS) is 10.5. The Morgan fingerprint density at radius 1 is 1.00 bits per heavy atom. The number of para-hydroxylation sites is 1. The van der Waals surface area contributed by atoms with Gasteiger partial charge in [0, 0.05) is 18.2 Å². The number of amides is 1. The third kappa shape index (κ3) is 5.21. The minimum Gasteiger partial charge on any atom is -0.495 e. The Morgan fingerprint density at radius 2 is 1.68 bits per heavy atom. The number of rotatable bonds is 9. The van der Waals surface area contributed by atoms with Crippen molar-refractivity contribution in [3.05, 3.63) is 40.9 Å². The van der Waals surface area contributed by atoms with Crippen molar-refractivity contribution in [2.75, 3.05) is 47.3 Å².